The molecule has 0 aliphatic rings. The fourth-order valence-corrected chi connectivity index (χ4v) is 1.39. The molecule has 0 heterocycles. The van der Waals surface area contributed by atoms with Crippen LogP contribution in [0.1, 0.15) is 33.3 Å². The Kier molecular flexibility index (Phi) is 4.12. The molecule has 0 fully saturated rings. The molecule has 16 heavy (non-hydrogen) atoms. The molecule has 0 aliphatic carbocycles. The zero-order valence-corrected chi connectivity index (χ0v) is 11.1. The molecular formula is C13H21LiN2. The van der Waals surface area contributed by atoms with E-state index in [0.717, 1.165) is 10.8 Å². The first kappa shape index (κ1) is 13.6. The van der Waals surface area contributed by atoms with Gasteiger partial charge in [-0.2, -0.15) is 0 Å². The monoisotopic (exact) mass is 212 g/mol. The molecule has 0 spiro atoms. The van der Waals surface area contributed by atoms with Gasteiger partial charge in [-0.25, -0.2) is 0 Å². The summed E-state index contributed by atoms with van der Waals surface area (Å²) in [7, 11) is 0. The molecule has 0 bridgehead atoms. The summed E-state index contributed by atoms with van der Waals surface area (Å²) < 4.78 is 0. The van der Waals surface area contributed by atoms with Crippen molar-refractivity contribution < 1.29 is 0 Å². The van der Waals surface area contributed by atoms with Gasteiger partial charge in [0, 0.05) is 0 Å². The van der Waals surface area contributed by atoms with Crippen LogP contribution in [0, 0.1) is 0 Å². The topological polar surface area (TPSA) is 38.0 Å². The van der Waals surface area contributed by atoms with Crippen LogP contribution >= 0.6 is 0 Å². The minimum absolute atomic E-state index is 0.140. The number of benzene rings is 1. The first-order valence-corrected chi connectivity index (χ1v) is 5.92. The van der Waals surface area contributed by atoms with Gasteiger partial charge >= 0.3 is 108 Å². The molecule has 1 rings (SSSR count). The van der Waals surface area contributed by atoms with Crippen molar-refractivity contribution in [2.45, 2.75) is 43.9 Å². The molecule has 0 saturated carbocycles. The van der Waals surface area contributed by atoms with Crippen molar-refractivity contribution in [2.75, 3.05) is 5.32 Å². The molecule has 3 heteroatoms. The van der Waals surface area contributed by atoms with Gasteiger partial charge in [0.15, 0.2) is 0 Å². The molecule has 3 N–H and O–H groups in total. The molecule has 0 aromatic heterocycles. The molecule has 84 valence electrons. The van der Waals surface area contributed by atoms with E-state index in [1.807, 2.05) is 13.8 Å². The van der Waals surface area contributed by atoms with Crippen LogP contribution in [0.3, 0.4) is 0 Å². The van der Waals surface area contributed by atoms with Gasteiger partial charge < -0.3 is 0 Å². The fourth-order valence-electron chi connectivity index (χ4n) is 1.39. The van der Waals surface area contributed by atoms with E-state index >= 15 is 0 Å². The van der Waals surface area contributed by atoms with Gasteiger partial charge in [0.1, 0.15) is 0 Å². The van der Waals surface area contributed by atoms with E-state index < -0.39 is 0 Å². The molecule has 0 unspecified atom stereocenters. The predicted molar refractivity (Wildman–Crippen MR) is 71.9 cm³/mol. The second-order valence-electron chi connectivity index (χ2n) is 5.53. The van der Waals surface area contributed by atoms with Gasteiger partial charge in [-0.15, -0.1) is 0 Å². The Morgan fingerprint density at radius 2 is 1.88 bits per heavy atom. The average Bonchev–Trinajstić information content (AvgIpc) is 2.15. The van der Waals surface area contributed by atoms with Gasteiger partial charge in [0.05, 0.1) is 0 Å². The third-order valence-electron chi connectivity index (χ3n) is 3.40. The molecule has 0 radical (unpaired) electrons. The third kappa shape index (κ3) is 3.28. The SMILES string of the molecule is [Li][CH2]c1cccc(NC(C)(C)C(C)(C)N)c1. The second-order valence-corrected chi connectivity index (χ2v) is 5.53. The van der Waals surface area contributed by atoms with E-state index in [-0.39, 0.29) is 11.1 Å². The summed E-state index contributed by atoms with van der Waals surface area (Å²) in [6.45, 7) is 8.35. The van der Waals surface area contributed by atoms with E-state index in [2.05, 4.69) is 61.1 Å². The number of nitrogens with two attached hydrogens (primary N) is 1. The summed E-state index contributed by atoms with van der Waals surface area (Å²) in [4.78, 5) is 0. The standard InChI is InChI=1S/C13H21N2.Li/c1-10-7-6-8-11(9-10)15-13(4,5)12(2,3)14;/h6-9,15H,1,14H2,2-5H3;. The van der Waals surface area contributed by atoms with E-state index in [0.29, 0.717) is 0 Å². The normalized spacial score (nSPS) is 12.7. The van der Waals surface area contributed by atoms with Crippen molar-refractivity contribution in [1.29, 1.82) is 0 Å². The van der Waals surface area contributed by atoms with Crippen LogP contribution in [0.5, 0.6) is 0 Å². The van der Waals surface area contributed by atoms with Crippen molar-refractivity contribution >= 4 is 23.4 Å². The van der Waals surface area contributed by atoms with Crippen molar-refractivity contribution in [3.8, 4) is 0 Å². The fraction of sp³-hybridized carbons (Fsp3) is 0.538. The Morgan fingerprint density at radius 1 is 1.25 bits per heavy atom. The van der Waals surface area contributed by atoms with E-state index in [1.54, 1.807) is 0 Å². The summed E-state index contributed by atoms with van der Waals surface area (Å²) in [6.07, 6.45) is 0. The molecule has 2 nitrogen and oxygen atoms in total. The number of nitrogens with one attached hydrogen (secondary N) is 1. The summed E-state index contributed by atoms with van der Waals surface area (Å²) in [5.41, 5.74) is 8.25. The van der Waals surface area contributed by atoms with E-state index in [9.17, 15) is 0 Å². The second kappa shape index (κ2) is 4.83. The number of anilines is 1. The van der Waals surface area contributed by atoms with E-state index in [1.165, 1.54) is 5.56 Å². The Balaban J connectivity index is 2.88. The van der Waals surface area contributed by atoms with Crippen LogP contribution in [0.25, 0.3) is 0 Å². The first-order chi connectivity index (χ1) is 7.26. The number of rotatable bonds is 4. The first-order valence-electron chi connectivity index (χ1n) is 5.92. The Morgan fingerprint density at radius 3 is 2.38 bits per heavy atom. The van der Waals surface area contributed by atoms with Crippen molar-refractivity contribution in [3.05, 3.63) is 29.8 Å². The van der Waals surface area contributed by atoms with Crippen LogP contribution in [0.2, 0.25) is 0 Å². The summed E-state index contributed by atoms with van der Waals surface area (Å²) in [6, 6.07) is 8.51. The third-order valence-corrected chi connectivity index (χ3v) is 3.40. The van der Waals surface area contributed by atoms with Crippen LogP contribution in [0.15, 0.2) is 24.3 Å². The summed E-state index contributed by atoms with van der Waals surface area (Å²) in [5, 5.41) is 4.57. The maximum atomic E-state index is 6.17. The Bertz CT molecular complexity index is 353. The van der Waals surface area contributed by atoms with Crippen molar-refractivity contribution in [2.24, 2.45) is 5.73 Å². The van der Waals surface area contributed by atoms with Crippen molar-refractivity contribution in [3.63, 3.8) is 0 Å². The Hall–Kier alpha value is -0.423. The van der Waals surface area contributed by atoms with Crippen LogP contribution < -0.4 is 11.1 Å². The molecule has 0 amide bonds. The summed E-state index contributed by atoms with van der Waals surface area (Å²) in [5.74, 6) is 0. The molecule has 1 aromatic rings. The van der Waals surface area contributed by atoms with Gasteiger partial charge in [-0.05, 0) is 0 Å². The van der Waals surface area contributed by atoms with Crippen LogP contribution in [0.4, 0.5) is 5.69 Å². The van der Waals surface area contributed by atoms with Gasteiger partial charge in [0.2, 0.25) is 0 Å². The van der Waals surface area contributed by atoms with Gasteiger partial charge in [-0.3, -0.25) is 0 Å². The number of hydrogen-bond acceptors (Lipinski definition) is 2. The predicted octanol–water partition coefficient (Wildman–Crippen LogP) is 2.28. The molecule has 0 atom stereocenters. The molecule has 0 aliphatic heterocycles. The van der Waals surface area contributed by atoms with Crippen LogP contribution in [-0.4, -0.2) is 28.8 Å². The summed E-state index contributed by atoms with van der Waals surface area (Å²) >= 11 is 2.16. The number of hydrogen-bond donors (Lipinski definition) is 2. The molecular weight excluding hydrogens is 191 g/mol. The van der Waals surface area contributed by atoms with Crippen molar-refractivity contribution in [1.82, 2.24) is 0 Å². The maximum absolute atomic E-state index is 6.17. The Labute approximate surface area is 108 Å². The quantitative estimate of drug-likeness (QED) is 0.751. The average molecular weight is 212 g/mol. The molecule has 0 saturated heterocycles. The molecule has 1 aromatic carbocycles. The zero-order valence-electron chi connectivity index (χ0n) is 11.1. The minimum atomic E-state index is -0.269. The zero-order chi connectivity index (χ0) is 12.4. The van der Waals surface area contributed by atoms with Gasteiger partial charge in [-0.1, -0.05) is 0 Å². The van der Waals surface area contributed by atoms with Gasteiger partial charge in [0.25, 0.3) is 0 Å². The van der Waals surface area contributed by atoms with E-state index in [4.69, 9.17) is 5.73 Å². The van der Waals surface area contributed by atoms with Crippen LogP contribution in [-0.2, 0) is 5.09 Å².